The van der Waals surface area contributed by atoms with Crippen molar-refractivity contribution in [2.45, 2.75) is 26.7 Å². The normalized spacial score (nSPS) is 19.4. The van der Waals surface area contributed by atoms with E-state index in [1.165, 1.54) is 0 Å². The predicted octanol–water partition coefficient (Wildman–Crippen LogP) is 2.57. The zero-order chi connectivity index (χ0) is 12.6. The van der Waals surface area contributed by atoms with E-state index in [1.54, 1.807) is 0 Å². The zero-order valence-electron chi connectivity index (χ0n) is 10.1. The lowest BCUT2D eigenvalue weighted by Crippen LogP contribution is -2.41. The number of rotatable bonds is 1. The highest BCUT2D eigenvalue weighted by Gasteiger charge is 2.28. The first-order chi connectivity index (χ1) is 7.89. The fourth-order valence-corrected chi connectivity index (χ4v) is 2.30. The van der Waals surface area contributed by atoms with Crippen LogP contribution in [0.25, 0.3) is 0 Å². The van der Waals surface area contributed by atoms with Crippen molar-refractivity contribution in [1.29, 1.82) is 0 Å². The molecule has 17 heavy (non-hydrogen) atoms. The zero-order valence-corrected chi connectivity index (χ0v) is 10.1. The first-order valence-electron chi connectivity index (χ1n) is 5.75. The highest BCUT2D eigenvalue weighted by atomic mass is 19.1. The van der Waals surface area contributed by atoms with Crippen molar-refractivity contribution in [2.75, 3.05) is 23.7 Å². The van der Waals surface area contributed by atoms with Crippen LogP contribution in [-0.2, 0) is 0 Å². The van der Waals surface area contributed by atoms with Gasteiger partial charge >= 0.3 is 0 Å². The molecule has 1 aromatic rings. The van der Waals surface area contributed by atoms with Gasteiger partial charge in [-0.3, -0.25) is 0 Å². The van der Waals surface area contributed by atoms with Crippen molar-refractivity contribution < 1.29 is 8.78 Å². The third-order valence-corrected chi connectivity index (χ3v) is 3.14. The number of aromatic nitrogens is 1. The molecule has 2 heterocycles. The van der Waals surface area contributed by atoms with E-state index >= 15 is 0 Å². The fraction of sp³-hybridized carbons (Fsp3) is 0.583. The van der Waals surface area contributed by atoms with E-state index in [-0.39, 0.29) is 17.1 Å². The van der Waals surface area contributed by atoms with Crippen LogP contribution >= 0.6 is 0 Å². The summed E-state index contributed by atoms with van der Waals surface area (Å²) in [6.45, 7) is 5.70. The van der Waals surface area contributed by atoms with Crippen LogP contribution in [0.3, 0.4) is 0 Å². The van der Waals surface area contributed by atoms with E-state index < -0.39 is 11.6 Å². The smallest absolute Gasteiger partial charge is 0.168 e. The van der Waals surface area contributed by atoms with Crippen LogP contribution in [0.4, 0.5) is 20.4 Å². The van der Waals surface area contributed by atoms with Crippen LogP contribution < -0.4 is 10.6 Å². The molecular weight excluding hydrogens is 224 g/mol. The molecule has 1 aliphatic rings. The number of pyridine rings is 1. The summed E-state index contributed by atoms with van der Waals surface area (Å²) in [4.78, 5) is 5.66. The average Bonchev–Trinajstić information content (AvgIpc) is 2.22. The second-order valence-corrected chi connectivity index (χ2v) is 5.35. The van der Waals surface area contributed by atoms with E-state index in [9.17, 15) is 8.78 Å². The molecule has 0 spiro atoms. The van der Waals surface area contributed by atoms with Gasteiger partial charge in [0, 0.05) is 19.2 Å². The molecular formula is C12H17F2N3. The minimum Gasteiger partial charge on any atom is -0.381 e. The highest BCUT2D eigenvalue weighted by Crippen LogP contribution is 2.32. The van der Waals surface area contributed by atoms with Crippen LogP contribution in [0.1, 0.15) is 26.7 Å². The summed E-state index contributed by atoms with van der Waals surface area (Å²) in [6.07, 6.45) is 2.08. The van der Waals surface area contributed by atoms with Crippen LogP contribution in [-0.4, -0.2) is 18.1 Å². The number of halogens is 2. The van der Waals surface area contributed by atoms with Gasteiger partial charge in [-0.2, -0.15) is 0 Å². The molecule has 1 aromatic heterocycles. The van der Waals surface area contributed by atoms with Gasteiger partial charge in [-0.05, 0) is 18.3 Å². The quantitative estimate of drug-likeness (QED) is 0.821. The summed E-state index contributed by atoms with van der Waals surface area (Å²) in [5.74, 6) is -1.53. The van der Waals surface area contributed by atoms with Crippen molar-refractivity contribution >= 4 is 11.6 Å². The Kier molecular flexibility index (Phi) is 2.93. The van der Waals surface area contributed by atoms with E-state index in [0.717, 1.165) is 25.5 Å². The largest absolute Gasteiger partial charge is 0.381 e. The molecule has 1 aliphatic heterocycles. The standard InChI is InChI=1S/C12H17F2N3/c1-12(2)4-3-5-17(7-12)11-9(14)6-8(13)10(15)16-11/h6H,3-5,7H2,1-2H3,(H2,15,16). The van der Waals surface area contributed by atoms with Gasteiger partial charge in [0.15, 0.2) is 23.3 Å². The Morgan fingerprint density at radius 3 is 2.71 bits per heavy atom. The fourth-order valence-electron chi connectivity index (χ4n) is 2.30. The summed E-state index contributed by atoms with van der Waals surface area (Å²) in [5, 5.41) is 0. The first-order valence-corrected chi connectivity index (χ1v) is 5.75. The molecule has 1 saturated heterocycles. The van der Waals surface area contributed by atoms with Crippen LogP contribution in [0.15, 0.2) is 6.07 Å². The second kappa shape index (κ2) is 4.13. The van der Waals surface area contributed by atoms with Gasteiger partial charge in [-0.15, -0.1) is 0 Å². The third kappa shape index (κ3) is 2.48. The maximum absolute atomic E-state index is 13.7. The Morgan fingerprint density at radius 2 is 2.06 bits per heavy atom. The average molecular weight is 241 g/mol. The molecule has 2 N–H and O–H groups in total. The SMILES string of the molecule is CC1(C)CCCN(c2nc(N)c(F)cc2F)C1. The van der Waals surface area contributed by atoms with E-state index in [4.69, 9.17) is 5.73 Å². The molecule has 0 atom stereocenters. The monoisotopic (exact) mass is 241 g/mol. The Hall–Kier alpha value is -1.39. The number of anilines is 2. The Bertz CT molecular complexity index is 432. The predicted molar refractivity (Wildman–Crippen MR) is 63.8 cm³/mol. The molecule has 5 heteroatoms. The van der Waals surface area contributed by atoms with Crippen LogP contribution in [0, 0.1) is 17.0 Å². The second-order valence-electron chi connectivity index (χ2n) is 5.35. The number of hydrogen-bond acceptors (Lipinski definition) is 3. The van der Waals surface area contributed by atoms with Crippen molar-refractivity contribution in [3.05, 3.63) is 17.7 Å². The number of nitrogen functional groups attached to an aromatic ring is 1. The van der Waals surface area contributed by atoms with Gasteiger partial charge in [-0.25, -0.2) is 13.8 Å². The molecule has 0 unspecified atom stereocenters. The van der Waals surface area contributed by atoms with Gasteiger partial charge in [0.25, 0.3) is 0 Å². The molecule has 2 rings (SSSR count). The van der Waals surface area contributed by atoms with Crippen molar-refractivity contribution in [1.82, 2.24) is 4.98 Å². The van der Waals surface area contributed by atoms with Gasteiger partial charge in [0.05, 0.1) is 0 Å². The summed E-state index contributed by atoms with van der Waals surface area (Å²) in [7, 11) is 0. The molecule has 0 amide bonds. The first kappa shape index (κ1) is 12.1. The lowest BCUT2D eigenvalue weighted by Gasteiger charge is -2.38. The molecule has 0 aliphatic carbocycles. The van der Waals surface area contributed by atoms with Gasteiger partial charge in [0.1, 0.15) is 0 Å². The third-order valence-electron chi connectivity index (χ3n) is 3.14. The number of hydrogen-bond donors (Lipinski definition) is 1. The maximum Gasteiger partial charge on any atom is 0.168 e. The number of nitrogens with two attached hydrogens (primary N) is 1. The van der Waals surface area contributed by atoms with Gasteiger partial charge < -0.3 is 10.6 Å². The van der Waals surface area contributed by atoms with Crippen molar-refractivity contribution in [2.24, 2.45) is 5.41 Å². The lowest BCUT2D eigenvalue weighted by molar-refractivity contribution is 0.290. The van der Waals surface area contributed by atoms with E-state index in [0.29, 0.717) is 6.54 Å². The summed E-state index contributed by atoms with van der Waals surface area (Å²) in [5.41, 5.74) is 5.50. The molecule has 0 bridgehead atoms. The molecule has 0 saturated carbocycles. The minimum atomic E-state index is -0.803. The van der Waals surface area contributed by atoms with Gasteiger partial charge in [-0.1, -0.05) is 13.8 Å². The topological polar surface area (TPSA) is 42.2 Å². The Balaban J connectivity index is 2.31. The number of nitrogens with zero attached hydrogens (tertiary/aromatic N) is 2. The Morgan fingerprint density at radius 1 is 1.35 bits per heavy atom. The summed E-state index contributed by atoms with van der Waals surface area (Å²) in [6, 6.07) is 0.805. The maximum atomic E-state index is 13.7. The van der Waals surface area contributed by atoms with Crippen LogP contribution in [0.5, 0.6) is 0 Å². The number of piperidine rings is 1. The van der Waals surface area contributed by atoms with Crippen molar-refractivity contribution in [3.63, 3.8) is 0 Å². The molecule has 0 aromatic carbocycles. The van der Waals surface area contributed by atoms with Crippen molar-refractivity contribution in [3.8, 4) is 0 Å². The van der Waals surface area contributed by atoms with Gasteiger partial charge in [0.2, 0.25) is 0 Å². The highest BCUT2D eigenvalue weighted by molar-refractivity contribution is 5.47. The molecule has 94 valence electrons. The molecule has 3 nitrogen and oxygen atoms in total. The lowest BCUT2D eigenvalue weighted by atomic mass is 9.84. The van der Waals surface area contributed by atoms with Crippen LogP contribution in [0.2, 0.25) is 0 Å². The summed E-state index contributed by atoms with van der Waals surface area (Å²) >= 11 is 0. The van der Waals surface area contributed by atoms with E-state index in [2.05, 4.69) is 18.8 Å². The Labute approximate surface area is 99.6 Å². The van der Waals surface area contributed by atoms with E-state index in [1.807, 2.05) is 4.90 Å². The minimum absolute atomic E-state index is 0.121. The summed E-state index contributed by atoms with van der Waals surface area (Å²) < 4.78 is 26.7. The molecule has 1 fully saturated rings. The molecule has 0 radical (unpaired) electrons.